The summed E-state index contributed by atoms with van der Waals surface area (Å²) in [5.41, 5.74) is 6.38. The number of alkyl halides is 2. The van der Waals surface area contributed by atoms with Crippen LogP contribution in [-0.2, 0) is 12.3 Å². The summed E-state index contributed by atoms with van der Waals surface area (Å²) in [6.45, 7) is 0.0127. The van der Waals surface area contributed by atoms with E-state index in [0.717, 1.165) is 29.1 Å². The molecule has 1 aromatic carbocycles. The minimum absolute atomic E-state index is 0.0127. The second-order valence-corrected chi connectivity index (χ2v) is 5.15. The van der Waals surface area contributed by atoms with Gasteiger partial charge in [-0.25, -0.2) is 8.78 Å². The van der Waals surface area contributed by atoms with E-state index in [0.29, 0.717) is 0 Å². The lowest BCUT2D eigenvalue weighted by Gasteiger charge is -2.20. The highest BCUT2D eigenvalue weighted by Gasteiger charge is 2.31. The lowest BCUT2D eigenvalue weighted by Crippen LogP contribution is -2.19. The van der Waals surface area contributed by atoms with Crippen LogP contribution in [0.15, 0.2) is 23.1 Å². The molecule has 0 aliphatic carbocycles. The Bertz CT molecular complexity index is 379. The molecule has 2 rings (SSSR count). The van der Waals surface area contributed by atoms with Crippen molar-refractivity contribution in [1.29, 1.82) is 0 Å². The molecule has 1 aliphatic rings. The van der Waals surface area contributed by atoms with Crippen LogP contribution in [0.4, 0.5) is 8.78 Å². The van der Waals surface area contributed by atoms with Crippen LogP contribution in [0, 0.1) is 0 Å². The van der Waals surface area contributed by atoms with E-state index in [1.165, 1.54) is 6.07 Å². The van der Waals surface area contributed by atoms with Crippen molar-refractivity contribution in [1.82, 2.24) is 0 Å². The number of thioether (sulfide) groups is 1. The first kappa shape index (κ1) is 11.9. The highest BCUT2D eigenvalue weighted by Crippen LogP contribution is 2.36. The Morgan fingerprint density at radius 3 is 2.94 bits per heavy atom. The molecule has 0 spiro atoms. The first-order valence-electron chi connectivity index (χ1n) is 5.47. The average molecular weight is 243 g/mol. The summed E-state index contributed by atoms with van der Waals surface area (Å²) in [7, 11) is 0. The molecule has 4 heteroatoms. The van der Waals surface area contributed by atoms with Crippen LogP contribution in [0.25, 0.3) is 0 Å². The van der Waals surface area contributed by atoms with E-state index in [-0.39, 0.29) is 18.5 Å². The summed E-state index contributed by atoms with van der Waals surface area (Å²) < 4.78 is 27.3. The van der Waals surface area contributed by atoms with E-state index in [2.05, 4.69) is 0 Å². The Kier molecular flexibility index (Phi) is 3.50. The predicted octanol–water partition coefficient (Wildman–Crippen LogP) is 3.17. The summed E-state index contributed by atoms with van der Waals surface area (Å²) in [6, 6.07) is 5.00. The Labute approximate surface area is 98.4 Å². The Morgan fingerprint density at radius 1 is 1.38 bits per heavy atom. The molecule has 0 saturated carbocycles. The second kappa shape index (κ2) is 4.72. The summed E-state index contributed by atoms with van der Waals surface area (Å²) in [6.07, 6.45) is 1.71. The lowest BCUT2D eigenvalue weighted by molar-refractivity contribution is -0.0108. The van der Waals surface area contributed by atoms with Crippen molar-refractivity contribution in [3.05, 3.63) is 29.3 Å². The van der Waals surface area contributed by atoms with Gasteiger partial charge in [0.05, 0.1) is 0 Å². The molecule has 0 atom stereocenters. The number of aryl methyl sites for hydroxylation is 1. The van der Waals surface area contributed by atoms with Crippen molar-refractivity contribution in [3.8, 4) is 0 Å². The maximum Gasteiger partial charge on any atom is 0.274 e. The molecule has 0 fully saturated rings. The number of benzene rings is 1. The average Bonchev–Trinajstić information content (AvgIpc) is 2.28. The van der Waals surface area contributed by atoms with Crippen molar-refractivity contribution < 1.29 is 8.78 Å². The van der Waals surface area contributed by atoms with Gasteiger partial charge in [-0.15, -0.1) is 11.8 Å². The monoisotopic (exact) mass is 243 g/mol. The lowest BCUT2D eigenvalue weighted by atomic mass is 10.0. The second-order valence-electron chi connectivity index (χ2n) is 4.02. The zero-order valence-corrected chi connectivity index (χ0v) is 9.83. The number of fused-ring (bicyclic) bond motifs is 1. The zero-order chi connectivity index (χ0) is 11.6. The molecular formula is C12H15F2NS. The number of halogens is 2. The Morgan fingerprint density at radius 2 is 2.19 bits per heavy atom. The highest BCUT2D eigenvalue weighted by atomic mass is 32.2. The third-order valence-electron chi connectivity index (χ3n) is 2.79. The van der Waals surface area contributed by atoms with Gasteiger partial charge in [0.1, 0.15) is 0 Å². The minimum Gasteiger partial charge on any atom is -0.330 e. The zero-order valence-electron chi connectivity index (χ0n) is 9.01. The van der Waals surface area contributed by atoms with Gasteiger partial charge in [0.25, 0.3) is 5.92 Å². The minimum atomic E-state index is -2.79. The van der Waals surface area contributed by atoms with Gasteiger partial charge >= 0.3 is 0 Å². The largest absolute Gasteiger partial charge is 0.330 e. The molecular weight excluding hydrogens is 228 g/mol. The molecule has 0 unspecified atom stereocenters. The van der Waals surface area contributed by atoms with Crippen LogP contribution in [0.3, 0.4) is 0 Å². The van der Waals surface area contributed by atoms with Gasteiger partial charge < -0.3 is 5.73 Å². The fourth-order valence-corrected chi connectivity index (χ4v) is 2.93. The summed E-state index contributed by atoms with van der Waals surface area (Å²) >= 11 is 1.75. The molecule has 1 aliphatic heterocycles. The van der Waals surface area contributed by atoms with Crippen LogP contribution in [-0.4, -0.2) is 12.3 Å². The van der Waals surface area contributed by atoms with Gasteiger partial charge in [-0.2, -0.15) is 0 Å². The molecule has 1 heterocycles. The third-order valence-corrected chi connectivity index (χ3v) is 3.99. The van der Waals surface area contributed by atoms with E-state index in [9.17, 15) is 8.78 Å². The molecule has 0 aromatic heterocycles. The van der Waals surface area contributed by atoms with E-state index in [1.54, 1.807) is 17.8 Å². The van der Waals surface area contributed by atoms with Crippen LogP contribution in [0.2, 0.25) is 0 Å². The van der Waals surface area contributed by atoms with Gasteiger partial charge in [0.2, 0.25) is 0 Å². The molecule has 0 amide bonds. The number of hydrogen-bond donors (Lipinski definition) is 1. The molecule has 2 N–H and O–H groups in total. The fraction of sp³-hybridized carbons (Fsp3) is 0.500. The van der Waals surface area contributed by atoms with E-state index >= 15 is 0 Å². The molecule has 16 heavy (non-hydrogen) atoms. The molecule has 0 saturated heterocycles. The Hall–Kier alpha value is -0.610. The van der Waals surface area contributed by atoms with E-state index in [4.69, 9.17) is 5.73 Å². The predicted molar refractivity (Wildman–Crippen MR) is 63.1 cm³/mol. The topological polar surface area (TPSA) is 26.0 Å². The first-order valence-corrected chi connectivity index (χ1v) is 6.46. The van der Waals surface area contributed by atoms with Crippen molar-refractivity contribution in [2.45, 2.75) is 30.1 Å². The van der Waals surface area contributed by atoms with Crippen molar-refractivity contribution >= 4 is 11.8 Å². The maximum absolute atomic E-state index is 13.6. The number of nitrogens with two attached hydrogens (primary N) is 1. The van der Waals surface area contributed by atoms with Crippen molar-refractivity contribution in [2.75, 3.05) is 12.3 Å². The highest BCUT2D eigenvalue weighted by molar-refractivity contribution is 7.99. The SMILES string of the molecule is NCCC(F)(F)c1ccc2c(c1)CCCS2. The van der Waals surface area contributed by atoms with Crippen LogP contribution < -0.4 is 5.73 Å². The van der Waals surface area contributed by atoms with Crippen LogP contribution in [0.1, 0.15) is 24.0 Å². The van der Waals surface area contributed by atoms with Crippen LogP contribution in [0.5, 0.6) is 0 Å². The summed E-state index contributed by atoms with van der Waals surface area (Å²) in [4.78, 5) is 1.15. The molecule has 1 aromatic rings. The first-order chi connectivity index (χ1) is 7.63. The number of hydrogen-bond acceptors (Lipinski definition) is 2. The standard InChI is InChI=1S/C12H15F2NS/c13-12(14,5-6-15)10-3-4-11-9(8-10)2-1-7-16-11/h3-4,8H,1-2,5-7,15H2. The normalized spacial score (nSPS) is 15.9. The van der Waals surface area contributed by atoms with Crippen LogP contribution >= 0.6 is 11.8 Å². The third kappa shape index (κ3) is 2.38. The Balaban J connectivity index is 2.29. The van der Waals surface area contributed by atoms with Crippen molar-refractivity contribution in [2.24, 2.45) is 5.73 Å². The molecule has 0 radical (unpaired) electrons. The van der Waals surface area contributed by atoms with Gasteiger partial charge in [-0.05, 0) is 42.8 Å². The quantitative estimate of drug-likeness (QED) is 0.882. The number of rotatable bonds is 3. The van der Waals surface area contributed by atoms with Gasteiger partial charge in [0.15, 0.2) is 0 Å². The van der Waals surface area contributed by atoms with E-state index < -0.39 is 5.92 Å². The van der Waals surface area contributed by atoms with Gasteiger partial charge in [-0.3, -0.25) is 0 Å². The summed E-state index contributed by atoms with van der Waals surface area (Å²) in [5.74, 6) is -1.70. The smallest absolute Gasteiger partial charge is 0.274 e. The van der Waals surface area contributed by atoms with Gasteiger partial charge in [-0.1, -0.05) is 6.07 Å². The maximum atomic E-state index is 13.6. The van der Waals surface area contributed by atoms with E-state index in [1.807, 2.05) is 6.07 Å². The summed E-state index contributed by atoms with van der Waals surface area (Å²) in [5, 5.41) is 0. The molecule has 0 bridgehead atoms. The molecule has 1 nitrogen and oxygen atoms in total. The van der Waals surface area contributed by atoms with Gasteiger partial charge in [0, 0.05) is 16.9 Å². The molecule has 88 valence electrons. The van der Waals surface area contributed by atoms with Crippen molar-refractivity contribution in [3.63, 3.8) is 0 Å². The fourth-order valence-electron chi connectivity index (χ4n) is 1.91.